The van der Waals surface area contributed by atoms with Gasteiger partial charge in [-0.25, -0.2) is 0 Å². The highest BCUT2D eigenvalue weighted by Gasteiger charge is 2.21. The molecular formula is C20H29N5O. The number of aromatic nitrogens is 2. The van der Waals surface area contributed by atoms with Crippen LogP contribution < -0.4 is 4.90 Å². The van der Waals surface area contributed by atoms with Gasteiger partial charge < -0.3 is 10.0 Å². The van der Waals surface area contributed by atoms with E-state index in [2.05, 4.69) is 60.9 Å². The molecule has 0 bridgehead atoms. The third-order valence-electron chi connectivity index (χ3n) is 5.55. The zero-order valence-corrected chi connectivity index (χ0v) is 15.6. The number of hydrogen-bond donors (Lipinski definition) is 1. The zero-order chi connectivity index (χ0) is 17.9. The fraction of sp³-hybridized carbons (Fsp3) is 0.550. The van der Waals surface area contributed by atoms with E-state index in [4.69, 9.17) is 0 Å². The molecule has 26 heavy (non-hydrogen) atoms. The Morgan fingerprint density at radius 1 is 0.962 bits per heavy atom. The lowest BCUT2D eigenvalue weighted by molar-refractivity contribution is 0.166. The molecule has 0 aliphatic carbocycles. The van der Waals surface area contributed by atoms with E-state index in [-0.39, 0.29) is 0 Å². The Morgan fingerprint density at radius 3 is 2.38 bits per heavy atom. The molecule has 0 saturated carbocycles. The number of hydrogen-bond acceptors (Lipinski definition) is 5. The lowest BCUT2D eigenvalue weighted by Gasteiger charge is -2.37. The van der Waals surface area contributed by atoms with Crippen molar-refractivity contribution in [1.29, 1.82) is 0 Å². The van der Waals surface area contributed by atoms with Gasteiger partial charge in [0.2, 0.25) is 0 Å². The molecule has 1 fully saturated rings. The van der Waals surface area contributed by atoms with Crippen molar-refractivity contribution < 1.29 is 5.11 Å². The van der Waals surface area contributed by atoms with Crippen LogP contribution in [0, 0.1) is 0 Å². The van der Waals surface area contributed by atoms with Crippen LogP contribution in [-0.2, 0) is 13.1 Å². The van der Waals surface area contributed by atoms with Crippen molar-refractivity contribution in [2.75, 3.05) is 50.7 Å². The first-order valence-electron chi connectivity index (χ1n) is 9.68. The molecule has 1 atom stereocenters. The van der Waals surface area contributed by atoms with Gasteiger partial charge in [-0.15, -0.1) is 0 Å². The smallest absolute Gasteiger partial charge is 0.0950 e. The maximum absolute atomic E-state index is 9.72. The molecule has 1 N–H and O–H groups in total. The summed E-state index contributed by atoms with van der Waals surface area (Å²) in [6.45, 7) is 11.4. The molecule has 0 unspecified atom stereocenters. The van der Waals surface area contributed by atoms with E-state index in [0.29, 0.717) is 0 Å². The van der Waals surface area contributed by atoms with Crippen LogP contribution in [0.1, 0.15) is 24.4 Å². The molecule has 6 heteroatoms. The van der Waals surface area contributed by atoms with E-state index < -0.39 is 6.10 Å². The quantitative estimate of drug-likeness (QED) is 0.882. The molecular weight excluding hydrogens is 326 g/mol. The molecule has 4 rings (SSSR count). The first-order valence-corrected chi connectivity index (χ1v) is 9.68. The average Bonchev–Trinajstić information content (AvgIpc) is 3.11. The van der Waals surface area contributed by atoms with Crippen LogP contribution in [0.15, 0.2) is 36.4 Å². The Bertz CT molecular complexity index is 706. The molecule has 0 amide bonds. The van der Waals surface area contributed by atoms with Crippen LogP contribution in [0.2, 0.25) is 0 Å². The molecule has 0 spiro atoms. The third-order valence-corrected chi connectivity index (χ3v) is 5.55. The summed E-state index contributed by atoms with van der Waals surface area (Å²) in [6, 6.07) is 12.8. The van der Waals surface area contributed by atoms with Crippen molar-refractivity contribution in [1.82, 2.24) is 19.6 Å². The summed E-state index contributed by atoms with van der Waals surface area (Å²) in [6.07, 6.45) is -0.484. The minimum Gasteiger partial charge on any atom is -0.387 e. The van der Waals surface area contributed by atoms with Gasteiger partial charge in [0.25, 0.3) is 0 Å². The molecule has 2 aromatic rings. The first kappa shape index (κ1) is 17.5. The minimum atomic E-state index is -0.484. The largest absolute Gasteiger partial charge is 0.387 e. The number of anilines is 1. The van der Waals surface area contributed by atoms with Crippen molar-refractivity contribution in [3.63, 3.8) is 0 Å². The van der Waals surface area contributed by atoms with Crippen LogP contribution >= 0.6 is 0 Å². The van der Waals surface area contributed by atoms with Crippen molar-refractivity contribution in [2.45, 2.75) is 26.1 Å². The van der Waals surface area contributed by atoms with E-state index in [1.54, 1.807) is 6.92 Å². The van der Waals surface area contributed by atoms with Gasteiger partial charge in [-0.1, -0.05) is 18.2 Å². The van der Waals surface area contributed by atoms with Crippen molar-refractivity contribution in [2.24, 2.45) is 0 Å². The second-order valence-corrected chi connectivity index (χ2v) is 7.40. The number of nitrogens with zero attached hydrogens (tertiary/aromatic N) is 5. The second kappa shape index (κ2) is 7.78. The lowest BCUT2D eigenvalue weighted by atomic mass is 10.2. The summed E-state index contributed by atoms with van der Waals surface area (Å²) in [5.74, 6) is 0. The molecule has 3 heterocycles. The van der Waals surface area contributed by atoms with Crippen molar-refractivity contribution >= 4 is 5.69 Å². The third kappa shape index (κ3) is 3.92. The number of rotatable bonds is 5. The van der Waals surface area contributed by atoms with E-state index >= 15 is 0 Å². The van der Waals surface area contributed by atoms with Gasteiger partial charge in [0.15, 0.2) is 0 Å². The van der Waals surface area contributed by atoms with Crippen LogP contribution in [0.4, 0.5) is 5.69 Å². The van der Waals surface area contributed by atoms with Gasteiger partial charge in [-0.05, 0) is 25.1 Å². The van der Waals surface area contributed by atoms with E-state index in [9.17, 15) is 5.11 Å². The van der Waals surface area contributed by atoms with Crippen molar-refractivity contribution in [3.05, 3.63) is 47.8 Å². The number of benzene rings is 1. The highest BCUT2D eigenvalue weighted by Crippen LogP contribution is 2.18. The minimum absolute atomic E-state index is 0.484. The lowest BCUT2D eigenvalue weighted by Crippen LogP contribution is -2.49. The first-order chi connectivity index (χ1) is 12.7. The van der Waals surface area contributed by atoms with Crippen LogP contribution in [-0.4, -0.2) is 70.5 Å². The maximum atomic E-state index is 9.72. The van der Waals surface area contributed by atoms with E-state index in [0.717, 1.165) is 64.6 Å². The molecule has 2 aliphatic rings. The fourth-order valence-corrected chi connectivity index (χ4v) is 3.89. The highest BCUT2D eigenvalue weighted by atomic mass is 16.3. The van der Waals surface area contributed by atoms with Gasteiger partial charge in [0.05, 0.1) is 24.0 Å². The number of para-hydroxylation sites is 1. The molecule has 1 aromatic heterocycles. The molecule has 0 radical (unpaired) electrons. The normalized spacial score (nSPS) is 20.2. The summed E-state index contributed by atoms with van der Waals surface area (Å²) in [4.78, 5) is 7.56. The topological polar surface area (TPSA) is 47.8 Å². The summed E-state index contributed by atoms with van der Waals surface area (Å²) in [7, 11) is 0. The zero-order valence-electron chi connectivity index (χ0n) is 15.6. The van der Waals surface area contributed by atoms with Crippen LogP contribution in [0.25, 0.3) is 0 Å². The number of aliphatic hydroxyl groups is 1. The molecule has 140 valence electrons. The Balaban J connectivity index is 1.24. The Morgan fingerprint density at radius 2 is 1.65 bits per heavy atom. The van der Waals surface area contributed by atoms with Gasteiger partial charge in [0.1, 0.15) is 0 Å². The molecule has 2 aliphatic heterocycles. The summed E-state index contributed by atoms with van der Waals surface area (Å²) in [5.41, 5.74) is 3.35. The Hall–Kier alpha value is -1.89. The molecule has 1 aromatic carbocycles. The summed E-state index contributed by atoms with van der Waals surface area (Å²) < 4.78 is 2.05. The van der Waals surface area contributed by atoms with E-state index in [1.807, 2.05) is 0 Å². The number of aliphatic hydroxyl groups excluding tert-OH is 1. The fourth-order valence-electron chi connectivity index (χ4n) is 3.89. The summed E-state index contributed by atoms with van der Waals surface area (Å²) in [5, 5.41) is 14.2. The second-order valence-electron chi connectivity index (χ2n) is 7.40. The highest BCUT2D eigenvalue weighted by molar-refractivity contribution is 5.46. The van der Waals surface area contributed by atoms with Crippen molar-refractivity contribution in [3.8, 4) is 0 Å². The van der Waals surface area contributed by atoms with Gasteiger partial charge in [-0.2, -0.15) is 5.10 Å². The average molecular weight is 355 g/mol. The van der Waals surface area contributed by atoms with Crippen LogP contribution in [0.5, 0.6) is 0 Å². The van der Waals surface area contributed by atoms with Crippen LogP contribution in [0.3, 0.4) is 0 Å². The number of fused-ring (bicyclic) bond motifs is 1. The Kier molecular flexibility index (Phi) is 5.24. The SMILES string of the molecule is C[C@H](O)c1cc2n(n1)CCN(CCN1CCN(c3ccccc3)CC1)C2. The molecule has 1 saturated heterocycles. The monoisotopic (exact) mass is 355 g/mol. The predicted octanol–water partition coefficient (Wildman–Crippen LogP) is 1.57. The standard InChI is InChI=1S/C20H29N5O/c1-17(26)20-15-19-16-23(11-14-25(19)21-20)8-7-22-9-12-24(13-10-22)18-5-3-2-4-6-18/h2-6,15,17,26H,7-14,16H2,1H3/t17-/m0/s1. The maximum Gasteiger partial charge on any atom is 0.0950 e. The van der Waals surface area contributed by atoms with Gasteiger partial charge in [0, 0.05) is 58.0 Å². The van der Waals surface area contributed by atoms with Gasteiger partial charge in [-0.3, -0.25) is 14.5 Å². The number of piperazine rings is 1. The predicted molar refractivity (Wildman–Crippen MR) is 103 cm³/mol. The molecule has 6 nitrogen and oxygen atoms in total. The summed E-state index contributed by atoms with van der Waals surface area (Å²) >= 11 is 0. The van der Waals surface area contributed by atoms with Gasteiger partial charge >= 0.3 is 0 Å². The van der Waals surface area contributed by atoms with E-state index in [1.165, 1.54) is 11.4 Å². The Labute approximate surface area is 155 Å².